The molecule has 2 aromatic heterocycles. The number of halogens is 2. The number of amides is 1. The highest BCUT2D eigenvalue weighted by Crippen LogP contribution is 2.33. The van der Waals surface area contributed by atoms with Gasteiger partial charge in [0, 0.05) is 41.7 Å². The maximum absolute atomic E-state index is 14.6. The van der Waals surface area contributed by atoms with Crippen LogP contribution in [0, 0.1) is 17.6 Å². The second-order valence-electron chi connectivity index (χ2n) is 8.92. The van der Waals surface area contributed by atoms with Crippen molar-refractivity contribution in [1.82, 2.24) is 20.2 Å². The first kappa shape index (κ1) is 23.9. The van der Waals surface area contributed by atoms with Crippen molar-refractivity contribution in [2.24, 2.45) is 5.92 Å². The van der Waals surface area contributed by atoms with Crippen molar-refractivity contribution in [3.8, 4) is 5.88 Å². The van der Waals surface area contributed by atoms with Crippen LogP contribution < -0.4 is 15.4 Å². The third kappa shape index (κ3) is 5.39. The Balaban J connectivity index is 1.14. The molecule has 4 heterocycles. The molecule has 3 aromatic rings. The van der Waals surface area contributed by atoms with Crippen molar-refractivity contribution in [2.45, 2.75) is 24.3 Å². The molecule has 2 N–H and O–H groups in total. The molecular weight excluding hydrogens is 472 g/mol. The average molecular weight is 500 g/mol. The number of rotatable bonds is 8. The van der Waals surface area contributed by atoms with Crippen LogP contribution in [0.25, 0.3) is 11.0 Å². The molecular formula is C25H27F2N5O2S. The number of nitrogens with zero attached hydrogens (tertiary/aromatic N) is 3. The van der Waals surface area contributed by atoms with Gasteiger partial charge in [0.25, 0.3) is 0 Å². The fraction of sp³-hybridized carbons (Fsp3) is 0.400. The van der Waals surface area contributed by atoms with Crippen LogP contribution in [0.4, 0.5) is 14.5 Å². The summed E-state index contributed by atoms with van der Waals surface area (Å²) >= 11 is 1.36. The Bertz CT molecular complexity index is 1260. The summed E-state index contributed by atoms with van der Waals surface area (Å²) in [4.78, 5) is 23.3. The normalized spacial score (nSPS) is 18.0. The standard InChI is InChI=1S/C25H27F2N5O2S/c1-34-24-3-2-20-25(31-24)17(19(27)12-29-20)5-7-32-6-4-15(13-32)10-28-11-16-8-21-22(9-18(16)26)35-14-23(33)30-21/h2-3,8-9,12,15,28H,4-7,10-11,13-14H2,1H3,(H,30,33). The van der Waals surface area contributed by atoms with Crippen molar-refractivity contribution < 1.29 is 18.3 Å². The smallest absolute Gasteiger partial charge is 0.234 e. The number of benzene rings is 1. The van der Waals surface area contributed by atoms with E-state index >= 15 is 0 Å². The van der Waals surface area contributed by atoms with E-state index in [1.807, 2.05) is 0 Å². The summed E-state index contributed by atoms with van der Waals surface area (Å²) in [6.45, 7) is 3.72. The topological polar surface area (TPSA) is 79.4 Å². The van der Waals surface area contributed by atoms with Gasteiger partial charge in [-0.05, 0) is 50.0 Å². The average Bonchev–Trinajstić information content (AvgIpc) is 3.31. The fourth-order valence-electron chi connectivity index (χ4n) is 4.67. The minimum absolute atomic E-state index is 0.0615. The first-order chi connectivity index (χ1) is 17.0. The third-order valence-corrected chi connectivity index (χ3v) is 7.58. The number of thioether (sulfide) groups is 1. The molecule has 1 aromatic carbocycles. The quantitative estimate of drug-likeness (QED) is 0.490. The summed E-state index contributed by atoms with van der Waals surface area (Å²) in [5.41, 5.74) is 2.98. The Labute approximate surface area is 206 Å². The molecule has 0 aliphatic carbocycles. The van der Waals surface area contributed by atoms with Gasteiger partial charge in [-0.2, -0.15) is 0 Å². The Hall–Kier alpha value is -2.82. The lowest BCUT2D eigenvalue weighted by Gasteiger charge is -2.19. The van der Waals surface area contributed by atoms with Gasteiger partial charge in [0.2, 0.25) is 11.8 Å². The predicted octanol–water partition coefficient (Wildman–Crippen LogP) is 3.62. The van der Waals surface area contributed by atoms with Crippen LogP contribution in [-0.2, 0) is 17.8 Å². The number of pyridine rings is 2. The Morgan fingerprint density at radius 2 is 2.17 bits per heavy atom. The second-order valence-corrected chi connectivity index (χ2v) is 9.94. The van der Waals surface area contributed by atoms with Gasteiger partial charge in [-0.3, -0.25) is 9.78 Å². The number of carbonyl (C=O) groups is 1. The summed E-state index contributed by atoms with van der Waals surface area (Å²) in [6.07, 6.45) is 2.82. The number of hydrogen-bond acceptors (Lipinski definition) is 7. The fourth-order valence-corrected chi connectivity index (χ4v) is 5.49. The maximum atomic E-state index is 14.6. The molecule has 0 radical (unpaired) electrons. The summed E-state index contributed by atoms with van der Waals surface area (Å²) in [7, 11) is 1.54. The summed E-state index contributed by atoms with van der Waals surface area (Å²) < 4.78 is 34.2. The lowest BCUT2D eigenvalue weighted by atomic mass is 10.1. The van der Waals surface area contributed by atoms with Gasteiger partial charge in [-0.25, -0.2) is 13.8 Å². The molecule has 35 heavy (non-hydrogen) atoms. The number of likely N-dealkylation sites (tertiary alicyclic amines) is 1. The Kier molecular flexibility index (Phi) is 7.12. The molecule has 184 valence electrons. The minimum atomic E-state index is -0.350. The van der Waals surface area contributed by atoms with Gasteiger partial charge in [-0.1, -0.05) is 0 Å². The van der Waals surface area contributed by atoms with Crippen LogP contribution in [0.2, 0.25) is 0 Å². The van der Waals surface area contributed by atoms with Crippen molar-refractivity contribution in [2.75, 3.05) is 44.4 Å². The van der Waals surface area contributed by atoms with E-state index in [1.54, 1.807) is 18.2 Å². The number of carbonyl (C=O) groups excluding carboxylic acids is 1. The first-order valence-electron chi connectivity index (χ1n) is 11.7. The van der Waals surface area contributed by atoms with E-state index in [4.69, 9.17) is 4.74 Å². The SMILES string of the molecule is COc1ccc2ncc(F)c(CCN3CCC(CNCc4cc5c(cc4F)SCC(=O)N5)C3)c2n1. The summed E-state index contributed by atoms with van der Waals surface area (Å²) in [5.74, 6) is 0.519. The third-order valence-electron chi connectivity index (χ3n) is 6.53. The van der Waals surface area contributed by atoms with Gasteiger partial charge in [0.05, 0.1) is 35.8 Å². The zero-order chi connectivity index (χ0) is 24.4. The molecule has 1 fully saturated rings. The van der Waals surface area contributed by atoms with Gasteiger partial charge in [0.1, 0.15) is 11.6 Å². The molecule has 7 nitrogen and oxygen atoms in total. The van der Waals surface area contributed by atoms with Gasteiger partial charge in [-0.15, -0.1) is 11.8 Å². The highest BCUT2D eigenvalue weighted by atomic mass is 32.2. The zero-order valence-electron chi connectivity index (χ0n) is 19.4. The summed E-state index contributed by atoms with van der Waals surface area (Å²) in [5, 5.41) is 6.18. The van der Waals surface area contributed by atoms with Gasteiger partial charge < -0.3 is 20.3 Å². The van der Waals surface area contributed by atoms with Crippen LogP contribution in [0.3, 0.4) is 0 Å². The van der Waals surface area contributed by atoms with Crippen LogP contribution in [-0.4, -0.2) is 59.8 Å². The molecule has 1 atom stereocenters. The van der Waals surface area contributed by atoms with Crippen LogP contribution in [0.15, 0.2) is 35.4 Å². The highest BCUT2D eigenvalue weighted by molar-refractivity contribution is 8.00. The van der Waals surface area contributed by atoms with E-state index in [-0.39, 0.29) is 17.5 Å². The van der Waals surface area contributed by atoms with Crippen molar-refractivity contribution in [1.29, 1.82) is 0 Å². The number of fused-ring (bicyclic) bond motifs is 2. The number of methoxy groups -OCH3 is 1. The van der Waals surface area contributed by atoms with Crippen molar-refractivity contribution >= 4 is 34.4 Å². The van der Waals surface area contributed by atoms with E-state index in [0.717, 1.165) is 37.5 Å². The molecule has 5 rings (SSSR count). The lowest BCUT2D eigenvalue weighted by Crippen LogP contribution is -2.28. The number of ether oxygens (including phenoxy) is 1. The summed E-state index contributed by atoms with van der Waals surface area (Å²) in [6, 6.07) is 6.74. The predicted molar refractivity (Wildman–Crippen MR) is 132 cm³/mol. The van der Waals surface area contributed by atoms with Gasteiger partial charge >= 0.3 is 0 Å². The molecule has 1 saturated heterocycles. The molecule has 1 unspecified atom stereocenters. The molecule has 2 aliphatic rings. The van der Waals surface area contributed by atoms with E-state index in [0.29, 0.717) is 58.4 Å². The van der Waals surface area contributed by atoms with Gasteiger partial charge in [0.15, 0.2) is 0 Å². The van der Waals surface area contributed by atoms with E-state index in [2.05, 4.69) is 25.5 Å². The molecule has 2 aliphatic heterocycles. The number of nitrogens with one attached hydrogen (secondary N) is 2. The Morgan fingerprint density at radius 1 is 1.29 bits per heavy atom. The zero-order valence-corrected chi connectivity index (χ0v) is 20.3. The van der Waals surface area contributed by atoms with Crippen LogP contribution in [0.5, 0.6) is 5.88 Å². The first-order valence-corrected chi connectivity index (χ1v) is 12.6. The van der Waals surface area contributed by atoms with E-state index in [1.165, 1.54) is 31.1 Å². The largest absolute Gasteiger partial charge is 0.481 e. The number of anilines is 1. The lowest BCUT2D eigenvalue weighted by molar-refractivity contribution is -0.113. The minimum Gasteiger partial charge on any atom is -0.481 e. The van der Waals surface area contributed by atoms with Crippen molar-refractivity contribution in [3.63, 3.8) is 0 Å². The highest BCUT2D eigenvalue weighted by Gasteiger charge is 2.23. The molecule has 0 bridgehead atoms. The maximum Gasteiger partial charge on any atom is 0.234 e. The monoisotopic (exact) mass is 499 g/mol. The number of aromatic nitrogens is 2. The molecule has 0 saturated carbocycles. The van der Waals surface area contributed by atoms with E-state index < -0.39 is 0 Å². The van der Waals surface area contributed by atoms with E-state index in [9.17, 15) is 13.6 Å². The molecule has 10 heteroatoms. The Morgan fingerprint density at radius 3 is 3.03 bits per heavy atom. The van der Waals surface area contributed by atoms with Crippen molar-refractivity contribution in [3.05, 3.63) is 53.2 Å². The van der Waals surface area contributed by atoms with Crippen LogP contribution in [0.1, 0.15) is 17.5 Å². The molecule has 1 amide bonds. The molecule has 0 spiro atoms. The van der Waals surface area contributed by atoms with Crippen LogP contribution >= 0.6 is 11.8 Å². The number of hydrogen-bond donors (Lipinski definition) is 2. The second kappa shape index (κ2) is 10.4.